The fourth-order valence-corrected chi connectivity index (χ4v) is 1.92. The third-order valence-electron chi connectivity index (χ3n) is 3.17. The number of aromatic hydroxyl groups is 1. The van der Waals surface area contributed by atoms with E-state index in [2.05, 4.69) is 29.9 Å². The van der Waals surface area contributed by atoms with Crippen LogP contribution in [0.1, 0.15) is 23.7 Å². The minimum absolute atomic E-state index is 0.104. The Hall–Kier alpha value is -2.23. The van der Waals surface area contributed by atoms with Crippen molar-refractivity contribution >= 4 is 5.97 Å². The van der Waals surface area contributed by atoms with Crippen LogP contribution in [0.15, 0.2) is 42.0 Å². The van der Waals surface area contributed by atoms with Gasteiger partial charge >= 0.3 is 5.97 Å². The Morgan fingerprint density at radius 2 is 2.25 bits per heavy atom. The number of carbonyl (C=O) groups is 1. The summed E-state index contributed by atoms with van der Waals surface area (Å²) in [5.74, 6) is 0.392. The zero-order valence-electron chi connectivity index (χ0n) is 11.6. The highest BCUT2D eigenvalue weighted by molar-refractivity contribution is 5.92. The van der Waals surface area contributed by atoms with Crippen molar-refractivity contribution in [3.8, 4) is 11.5 Å². The van der Waals surface area contributed by atoms with Gasteiger partial charge in [-0.2, -0.15) is 0 Å². The second-order valence-electron chi connectivity index (χ2n) is 4.81. The number of hydrogen-bond acceptors (Lipinski definition) is 4. The van der Waals surface area contributed by atoms with E-state index in [1.165, 1.54) is 19.2 Å². The quantitative estimate of drug-likeness (QED) is 0.857. The topological polar surface area (TPSA) is 55.8 Å². The van der Waals surface area contributed by atoms with Gasteiger partial charge < -0.3 is 14.6 Å². The largest absolute Gasteiger partial charge is 0.507 e. The molecular weight excluding hydrogens is 256 g/mol. The average molecular weight is 274 g/mol. The van der Waals surface area contributed by atoms with Crippen LogP contribution in [-0.2, 0) is 4.74 Å². The van der Waals surface area contributed by atoms with Gasteiger partial charge in [0.25, 0.3) is 0 Å². The maximum absolute atomic E-state index is 11.5. The van der Waals surface area contributed by atoms with Crippen molar-refractivity contribution in [1.29, 1.82) is 0 Å². The lowest BCUT2D eigenvalue weighted by Crippen LogP contribution is -2.05. The van der Waals surface area contributed by atoms with E-state index in [1.807, 2.05) is 0 Å². The smallest absolute Gasteiger partial charge is 0.341 e. The average Bonchev–Trinajstić information content (AvgIpc) is 2.47. The molecule has 0 fully saturated rings. The molecule has 2 rings (SSSR count). The monoisotopic (exact) mass is 274 g/mol. The van der Waals surface area contributed by atoms with Crippen molar-refractivity contribution in [2.45, 2.75) is 13.3 Å². The number of benzene rings is 1. The van der Waals surface area contributed by atoms with Crippen LogP contribution < -0.4 is 4.74 Å². The molecule has 1 unspecified atom stereocenters. The van der Waals surface area contributed by atoms with Gasteiger partial charge in [0.05, 0.1) is 7.11 Å². The summed E-state index contributed by atoms with van der Waals surface area (Å²) >= 11 is 0. The van der Waals surface area contributed by atoms with Crippen LogP contribution in [-0.4, -0.2) is 24.8 Å². The molecule has 0 radical (unpaired) electrons. The fourth-order valence-electron chi connectivity index (χ4n) is 1.92. The Balaban J connectivity index is 2.03. The number of hydrogen-bond donors (Lipinski definition) is 1. The van der Waals surface area contributed by atoms with Crippen LogP contribution in [0.25, 0.3) is 0 Å². The van der Waals surface area contributed by atoms with Gasteiger partial charge in [0, 0.05) is 0 Å². The van der Waals surface area contributed by atoms with Crippen molar-refractivity contribution in [3.05, 3.63) is 47.6 Å². The van der Waals surface area contributed by atoms with Gasteiger partial charge in [0.1, 0.15) is 23.7 Å². The Bertz CT molecular complexity index is 558. The predicted octanol–water partition coefficient (Wildman–Crippen LogP) is 3.08. The number of phenols is 1. The van der Waals surface area contributed by atoms with Gasteiger partial charge in [-0.05, 0) is 36.1 Å². The fraction of sp³-hybridized carbons (Fsp3) is 0.312. The molecule has 1 aromatic carbocycles. The van der Waals surface area contributed by atoms with E-state index in [4.69, 9.17) is 4.74 Å². The third kappa shape index (κ3) is 3.41. The molecule has 1 aromatic rings. The van der Waals surface area contributed by atoms with Crippen molar-refractivity contribution in [2.24, 2.45) is 5.92 Å². The molecule has 0 heterocycles. The van der Waals surface area contributed by atoms with E-state index in [9.17, 15) is 9.90 Å². The second kappa shape index (κ2) is 6.28. The molecule has 1 N–H and O–H groups in total. The molecule has 20 heavy (non-hydrogen) atoms. The normalized spacial score (nSPS) is 17.5. The summed E-state index contributed by atoms with van der Waals surface area (Å²) in [7, 11) is 1.27. The molecule has 0 bridgehead atoms. The predicted molar refractivity (Wildman–Crippen MR) is 75.9 cm³/mol. The summed E-state index contributed by atoms with van der Waals surface area (Å²) in [6.07, 6.45) is 7.36. The summed E-state index contributed by atoms with van der Waals surface area (Å²) in [5, 5.41) is 9.60. The highest BCUT2D eigenvalue weighted by atomic mass is 16.5. The van der Waals surface area contributed by atoms with Crippen LogP contribution in [0, 0.1) is 5.92 Å². The molecule has 0 aliphatic heterocycles. The Kier molecular flexibility index (Phi) is 4.45. The van der Waals surface area contributed by atoms with Gasteiger partial charge in [0.15, 0.2) is 0 Å². The highest BCUT2D eigenvalue weighted by Gasteiger charge is 2.13. The lowest BCUT2D eigenvalue weighted by molar-refractivity contribution is 0.0597. The molecular formula is C16H18O4. The Labute approximate surface area is 118 Å². The van der Waals surface area contributed by atoms with Crippen LogP contribution in [0.5, 0.6) is 11.5 Å². The summed E-state index contributed by atoms with van der Waals surface area (Å²) < 4.78 is 10.2. The standard InChI is InChI=1S/C16H18O4/c1-11-3-5-12(6-4-11)10-20-13-7-8-15(17)14(9-13)16(18)19-2/h3,5-9,11,17H,4,10H2,1-2H3. The van der Waals surface area contributed by atoms with Crippen LogP contribution in [0.2, 0.25) is 0 Å². The molecule has 1 atom stereocenters. The first-order valence-corrected chi connectivity index (χ1v) is 6.51. The molecule has 0 saturated heterocycles. The van der Waals surface area contributed by atoms with Crippen LogP contribution in [0.4, 0.5) is 0 Å². The molecule has 0 spiro atoms. The first-order chi connectivity index (χ1) is 9.60. The molecule has 4 nitrogen and oxygen atoms in total. The molecule has 0 amide bonds. The number of rotatable bonds is 4. The van der Waals surface area contributed by atoms with Gasteiger partial charge in [-0.15, -0.1) is 0 Å². The zero-order valence-corrected chi connectivity index (χ0v) is 11.6. The van der Waals surface area contributed by atoms with Crippen LogP contribution >= 0.6 is 0 Å². The summed E-state index contributed by atoms with van der Waals surface area (Å²) in [4.78, 5) is 11.5. The van der Waals surface area contributed by atoms with E-state index < -0.39 is 5.97 Å². The van der Waals surface area contributed by atoms with Crippen LogP contribution in [0.3, 0.4) is 0 Å². The van der Waals surface area contributed by atoms with Gasteiger partial charge in [-0.25, -0.2) is 4.79 Å². The SMILES string of the molecule is COC(=O)c1cc(OCC2=CCC(C)C=C2)ccc1O. The van der Waals surface area contributed by atoms with E-state index >= 15 is 0 Å². The lowest BCUT2D eigenvalue weighted by Gasteiger charge is -2.13. The second-order valence-corrected chi connectivity index (χ2v) is 4.81. The van der Waals surface area contributed by atoms with E-state index in [0.717, 1.165) is 12.0 Å². The third-order valence-corrected chi connectivity index (χ3v) is 3.17. The number of ether oxygens (including phenoxy) is 2. The lowest BCUT2D eigenvalue weighted by atomic mass is 9.99. The molecule has 106 valence electrons. The number of carbonyl (C=O) groups excluding carboxylic acids is 1. The number of phenolic OH excluding ortho intramolecular Hbond substituents is 1. The first kappa shape index (κ1) is 14.2. The minimum Gasteiger partial charge on any atom is -0.507 e. The summed E-state index contributed by atoms with van der Waals surface area (Å²) in [5.41, 5.74) is 1.21. The van der Waals surface area contributed by atoms with E-state index in [1.54, 1.807) is 6.07 Å². The first-order valence-electron chi connectivity index (χ1n) is 6.51. The van der Waals surface area contributed by atoms with E-state index in [0.29, 0.717) is 18.3 Å². The van der Waals surface area contributed by atoms with E-state index in [-0.39, 0.29) is 11.3 Å². The van der Waals surface area contributed by atoms with Crippen molar-refractivity contribution < 1.29 is 19.4 Å². The molecule has 1 aliphatic carbocycles. The Morgan fingerprint density at radius 1 is 1.45 bits per heavy atom. The van der Waals surface area contributed by atoms with Crippen molar-refractivity contribution in [3.63, 3.8) is 0 Å². The molecule has 0 aromatic heterocycles. The maximum atomic E-state index is 11.5. The van der Waals surface area contributed by atoms with Gasteiger partial charge in [0.2, 0.25) is 0 Å². The minimum atomic E-state index is -0.585. The van der Waals surface area contributed by atoms with Crippen molar-refractivity contribution in [1.82, 2.24) is 0 Å². The molecule has 1 aliphatic rings. The number of allylic oxidation sites excluding steroid dienone is 2. The number of esters is 1. The Morgan fingerprint density at radius 3 is 2.90 bits per heavy atom. The highest BCUT2D eigenvalue weighted by Crippen LogP contribution is 2.24. The number of methoxy groups -OCH3 is 1. The maximum Gasteiger partial charge on any atom is 0.341 e. The molecule has 0 saturated carbocycles. The summed E-state index contributed by atoms with van der Waals surface area (Å²) in [6, 6.07) is 4.53. The van der Waals surface area contributed by atoms with Gasteiger partial charge in [-0.1, -0.05) is 25.2 Å². The zero-order chi connectivity index (χ0) is 14.5. The van der Waals surface area contributed by atoms with Gasteiger partial charge in [-0.3, -0.25) is 0 Å². The molecule has 4 heteroatoms. The summed E-state index contributed by atoms with van der Waals surface area (Å²) in [6.45, 7) is 2.60. The van der Waals surface area contributed by atoms with Crippen molar-refractivity contribution in [2.75, 3.05) is 13.7 Å².